The van der Waals surface area contributed by atoms with Crippen molar-refractivity contribution in [3.05, 3.63) is 35.9 Å². The molecule has 0 bridgehead atoms. The fraction of sp³-hybridized carbons (Fsp3) is 0.714. The number of ether oxygens (including phenoxy) is 1. The van der Waals surface area contributed by atoms with E-state index in [9.17, 15) is 0 Å². The number of piperazine rings is 1. The summed E-state index contributed by atoms with van der Waals surface area (Å²) in [6.07, 6.45) is 1.26. The highest BCUT2D eigenvalue weighted by atomic mass is 16.5. The fourth-order valence-electron chi connectivity index (χ4n) is 4.13. The smallest absolute Gasteiger partial charge is 0.103 e. The molecule has 0 saturated carbocycles. The average molecular weight is 346 g/mol. The summed E-state index contributed by atoms with van der Waals surface area (Å²) in [5.74, 6) is 0. The first-order valence-electron chi connectivity index (χ1n) is 9.95. The minimum Gasteiger partial charge on any atom is -0.368 e. The maximum Gasteiger partial charge on any atom is 0.103 e. The van der Waals surface area contributed by atoms with Crippen LogP contribution in [0.1, 0.15) is 32.8 Å². The molecule has 0 radical (unpaired) electrons. The molecule has 0 spiro atoms. The van der Waals surface area contributed by atoms with E-state index in [1.165, 1.54) is 51.3 Å². The van der Waals surface area contributed by atoms with Crippen molar-refractivity contribution < 1.29 is 4.74 Å². The summed E-state index contributed by atoms with van der Waals surface area (Å²) in [7, 11) is 0. The standard InChI is InChI=1S/C21H35N3O/c1-19(2)24-14-12-22(13-15-24)10-7-11-23-16-17-25-21(3,18-23)20-8-5-4-6-9-20/h4-6,8-9,19H,7,10-18H2,1-3H3. The van der Waals surface area contributed by atoms with Gasteiger partial charge in [-0.15, -0.1) is 0 Å². The fourth-order valence-corrected chi connectivity index (χ4v) is 4.13. The van der Waals surface area contributed by atoms with Crippen molar-refractivity contribution in [3.63, 3.8) is 0 Å². The summed E-state index contributed by atoms with van der Waals surface area (Å²) in [6, 6.07) is 11.4. The Hall–Kier alpha value is -0.940. The summed E-state index contributed by atoms with van der Waals surface area (Å²) in [5.41, 5.74) is 1.13. The molecule has 1 aromatic rings. The maximum atomic E-state index is 6.15. The van der Waals surface area contributed by atoms with Gasteiger partial charge in [0.15, 0.2) is 0 Å². The monoisotopic (exact) mass is 345 g/mol. The Balaban J connectivity index is 1.42. The summed E-state index contributed by atoms with van der Waals surface area (Å²) in [6.45, 7) is 17.0. The normalized spacial score (nSPS) is 27.0. The van der Waals surface area contributed by atoms with Gasteiger partial charge in [0.2, 0.25) is 0 Å². The average Bonchev–Trinajstić information content (AvgIpc) is 2.63. The van der Waals surface area contributed by atoms with Crippen LogP contribution in [0.2, 0.25) is 0 Å². The van der Waals surface area contributed by atoms with Crippen LogP contribution >= 0.6 is 0 Å². The molecule has 2 saturated heterocycles. The first kappa shape index (κ1) is 18.8. The Morgan fingerprint density at radius 1 is 0.960 bits per heavy atom. The van der Waals surface area contributed by atoms with Gasteiger partial charge in [0.1, 0.15) is 5.60 Å². The molecule has 25 heavy (non-hydrogen) atoms. The van der Waals surface area contributed by atoms with Gasteiger partial charge >= 0.3 is 0 Å². The lowest BCUT2D eigenvalue weighted by Gasteiger charge is -2.41. The van der Waals surface area contributed by atoms with Crippen LogP contribution in [0.3, 0.4) is 0 Å². The number of benzene rings is 1. The van der Waals surface area contributed by atoms with Gasteiger partial charge in [0.25, 0.3) is 0 Å². The van der Waals surface area contributed by atoms with E-state index in [2.05, 4.69) is 65.8 Å². The first-order chi connectivity index (χ1) is 12.1. The zero-order chi connectivity index (χ0) is 17.7. The Morgan fingerprint density at radius 2 is 1.64 bits per heavy atom. The lowest BCUT2D eigenvalue weighted by molar-refractivity contribution is -0.103. The predicted octanol–water partition coefficient (Wildman–Crippen LogP) is 2.65. The number of morpholine rings is 1. The minimum atomic E-state index is -0.164. The van der Waals surface area contributed by atoms with E-state index in [0.717, 1.165) is 19.7 Å². The van der Waals surface area contributed by atoms with Gasteiger partial charge in [0.05, 0.1) is 6.61 Å². The summed E-state index contributed by atoms with van der Waals surface area (Å²) in [5, 5.41) is 0. The van der Waals surface area contributed by atoms with E-state index >= 15 is 0 Å². The van der Waals surface area contributed by atoms with E-state index in [0.29, 0.717) is 6.04 Å². The highest BCUT2D eigenvalue weighted by Gasteiger charge is 2.33. The van der Waals surface area contributed by atoms with Gasteiger partial charge in [-0.3, -0.25) is 9.80 Å². The third kappa shape index (κ3) is 5.04. The first-order valence-corrected chi connectivity index (χ1v) is 9.95. The molecule has 0 aromatic heterocycles. The van der Waals surface area contributed by atoms with Crippen LogP contribution in [0.15, 0.2) is 30.3 Å². The molecule has 1 aromatic carbocycles. The molecule has 0 N–H and O–H groups in total. The van der Waals surface area contributed by atoms with Crippen LogP contribution < -0.4 is 0 Å². The summed E-state index contributed by atoms with van der Waals surface area (Å²) < 4.78 is 6.15. The zero-order valence-electron chi connectivity index (χ0n) is 16.3. The number of nitrogens with zero attached hydrogens (tertiary/aromatic N) is 3. The molecule has 140 valence electrons. The minimum absolute atomic E-state index is 0.164. The molecule has 1 atom stereocenters. The van der Waals surface area contributed by atoms with Crippen LogP contribution in [0.4, 0.5) is 0 Å². The molecule has 2 fully saturated rings. The third-order valence-corrected chi connectivity index (χ3v) is 5.82. The van der Waals surface area contributed by atoms with Crippen LogP contribution in [0, 0.1) is 0 Å². The van der Waals surface area contributed by atoms with Crippen molar-refractivity contribution in [1.82, 2.24) is 14.7 Å². The third-order valence-electron chi connectivity index (χ3n) is 5.82. The van der Waals surface area contributed by atoms with Crippen molar-refractivity contribution >= 4 is 0 Å². The van der Waals surface area contributed by atoms with Crippen LogP contribution in [0.5, 0.6) is 0 Å². The van der Waals surface area contributed by atoms with E-state index in [4.69, 9.17) is 4.74 Å². The predicted molar refractivity (Wildman–Crippen MR) is 104 cm³/mol. The lowest BCUT2D eigenvalue weighted by Crippen LogP contribution is -2.50. The molecule has 3 rings (SSSR count). The van der Waals surface area contributed by atoms with E-state index in [-0.39, 0.29) is 5.60 Å². The zero-order valence-corrected chi connectivity index (χ0v) is 16.3. The second kappa shape index (κ2) is 8.63. The van der Waals surface area contributed by atoms with Gasteiger partial charge in [-0.05, 0) is 45.8 Å². The quantitative estimate of drug-likeness (QED) is 0.789. The van der Waals surface area contributed by atoms with Crippen molar-refractivity contribution in [3.8, 4) is 0 Å². The number of rotatable bonds is 6. The molecule has 4 heteroatoms. The van der Waals surface area contributed by atoms with Gasteiger partial charge in [-0.25, -0.2) is 0 Å². The number of hydrogen-bond acceptors (Lipinski definition) is 4. The topological polar surface area (TPSA) is 19.0 Å². The van der Waals surface area contributed by atoms with Gasteiger partial charge in [0, 0.05) is 45.3 Å². The van der Waals surface area contributed by atoms with Gasteiger partial charge in [-0.2, -0.15) is 0 Å². The van der Waals surface area contributed by atoms with Crippen molar-refractivity contribution in [2.24, 2.45) is 0 Å². The summed E-state index contributed by atoms with van der Waals surface area (Å²) >= 11 is 0. The molecule has 2 aliphatic rings. The Labute approximate surface area is 153 Å². The molecular weight excluding hydrogens is 310 g/mol. The summed E-state index contributed by atoms with van der Waals surface area (Å²) in [4.78, 5) is 7.81. The van der Waals surface area contributed by atoms with E-state index in [1.807, 2.05) is 0 Å². The molecule has 2 heterocycles. The van der Waals surface area contributed by atoms with Gasteiger partial charge < -0.3 is 9.64 Å². The second-order valence-electron chi connectivity index (χ2n) is 8.05. The molecule has 0 amide bonds. The Kier molecular flexibility index (Phi) is 6.50. The maximum absolute atomic E-state index is 6.15. The van der Waals surface area contributed by atoms with E-state index in [1.54, 1.807) is 0 Å². The largest absolute Gasteiger partial charge is 0.368 e. The molecule has 2 aliphatic heterocycles. The SMILES string of the molecule is CC(C)N1CCN(CCCN2CCOC(C)(c3ccccc3)C2)CC1. The van der Waals surface area contributed by atoms with E-state index < -0.39 is 0 Å². The Bertz CT molecular complexity index is 513. The van der Waals surface area contributed by atoms with Crippen molar-refractivity contribution in [2.75, 3.05) is 59.0 Å². The van der Waals surface area contributed by atoms with Crippen molar-refractivity contribution in [1.29, 1.82) is 0 Å². The second-order valence-corrected chi connectivity index (χ2v) is 8.05. The van der Waals surface area contributed by atoms with Crippen molar-refractivity contribution in [2.45, 2.75) is 38.8 Å². The van der Waals surface area contributed by atoms with Gasteiger partial charge in [-0.1, -0.05) is 30.3 Å². The molecular formula is C21H35N3O. The lowest BCUT2D eigenvalue weighted by atomic mass is 9.94. The van der Waals surface area contributed by atoms with Crippen LogP contribution in [-0.4, -0.2) is 79.7 Å². The molecule has 4 nitrogen and oxygen atoms in total. The highest BCUT2D eigenvalue weighted by Crippen LogP contribution is 2.29. The number of hydrogen-bond donors (Lipinski definition) is 0. The highest BCUT2D eigenvalue weighted by molar-refractivity contribution is 5.22. The molecule has 0 aliphatic carbocycles. The van der Waals surface area contributed by atoms with Crippen LogP contribution in [0.25, 0.3) is 0 Å². The van der Waals surface area contributed by atoms with Crippen LogP contribution in [-0.2, 0) is 10.3 Å². The molecule has 1 unspecified atom stereocenters. The Morgan fingerprint density at radius 3 is 2.32 bits per heavy atom.